The van der Waals surface area contributed by atoms with E-state index in [0.29, 0.717) is 29.1 Å². The lowest BCUT2D eigenvalue weighted by Gasteiger charge is -2.62. The molecule has 5 heteroatoms. The summed E-state index contributed by atoms with van der Waals surface area (Å²) >= 11 is 0. The van der Waals surface area contributed by atoms with Crippen LogP contribution >= 0.6 is 0 Å². The minimum atomic E-state index is -0.660. The Labute approximate surface area is 138 Å². The summed E-state index contributed by atoms with van der Waals surface area (Å²) in [4.78, 5) is 11.5. The minimum absolute atomic E-state index is 0.0251. The molecule has 1 aliphatic heterocycles. The summed E-state index contributed by atoms with van der Waals surface area (Å²) in [5.41, 5.74) is -0.0571. The van der Waals surface area contributed by atoms with E-state index in [0.717, 1.165) is 5.56 Å². The van der Waals surface area contributed by atoms with Crippen molar-refractivity contribution in [1.29, 1.82) is 0 Å². The Morgan fingerprint density at radius 1 is 1.25 bits per heavy atom. The third kappa shape index (κ3) is 1.39. The summed E-state index contributed by atoms with van der Waals surface area (Å²) in [6.45, 7) is 6.35. The van der Waals surface area contributed by atoms with E-state index >= 15 is 0 Å². The van der Waals surface area contributed by atoms with Crippen molar-refractivity contribution in [2.24, 2.45) is 17.3 Å². The molecule has 0 radical (unpaired) electrons. The number of phenols is 1. The molecular weight excluding hydrogens is 308 g/mol. The van der Waals surface area contributed by atoms with Crippen LogP contribution in [0, 0.1) is 17.3 Å². The molecule has 24 heavy (non-hydrogen) atoms. The monoisotopic (exact) mass is 328 g/mol. The van der Waals surface area contributed by atoms with Crippen LogP contribution in [0.3, 0.4) is 0 Å². The number of ether oxygens (including phenoxy) is 1. The van der Waals surface area contributed by atoms with Crippen LogP contribution in [-0.4, -0.2) is 21.9 Å². The Hall–Kier alpha value is -2.01. The number of aliphatic hydroxyl groups excluding tert-OH is 1. The van der Waals surface area contributed by atoms with E-state index in [1.54, 1.807) is 12.1 Å². The van der Waals surface area contributed by atoms with Crippen molar-refractivity contribution in [2.75, 3.05) is 0 Å². The predicted octanol–water partition coefficient (Wildman–Crippen LogP) is 2.77. The average molecular weight is 328 g/mol. The van der Waals surface area contributed by atoms with Gasteiger partial charge in [-0.3, -0.25) is 0 Å². The van der Waals surface area contributed by atoms with Gasteiger partial charge in [0.2, 0.25) is 0 Å². The molecule has 1 aromatic heterocycles. The van der Waals surface area contributed by atoms with Gasteiger partial charge in [-0.05, 0) is 30.7 Å². The number of phenolic OH excluding ortho intramolecular Hbond substituents is 1. The van der Waals surface area contributed by atoms with Crippen molar-refractivity contribution < 1.29 is 19.4 Å². The third-order valence-corrected chi connectivity index (χ3v) is 6.89. The molecule has 2 fully saturated rings. The number of benzene rings is 1. The quantitative estimate of drug-likeness (QED) is 0.727. The highest BCUT2D eigenvalue weighted by atomic mass is 16.5. The number of hydrogen-bond acceptors (Lipinski definition) is 5. The number of rotatable bonds is 0. The van der Waals surface area contributed by atoms with Gasteiger partial charge < -0.3 is 19.4 Å². The molecule has 5 unspecified atom stereocenters. The lowest BCUT2D eigenvalue weighted by atomic mass is 9.45. The van der Waals surface area contributed by atoms with E-state index in [1.807, 2.05) is 6.92 Å². The Morgan fingerprint density at radius 3 is 2.75 bits per heavy atom. The lowest BCUT2D eigenvalue weighted by Crippen LogP contribution is -2.61. The van der Waals surface area contributed by atoms with E-state index in [-0.39, 0.29) is 23.0 Å². The van der Waals surface area contributed by atoms with Crippen LogP contribution in [0.5, 0.6) is 11.5 Å². The standard InChI is InChI=1S/C19H20O5/c1-18(2)9-6-12(20)19(3)15(9)16(18)14-11(24-19)7-10-8(17(14)22)4-5-13(21)23-10/h4-5,7,9,12,15-16,20,22H,6H2,1-3H3. The smallest absolute Gasteiger partial charge is 0.336 e. The van der Waals surface area contributed by atoms with E-state index in [1.165, 1.54) is 6.07 Å². The molecule has 126 valence electrons. The maximum Gasteiger partial charge on any atom is 0.336 e. The van der Waals surface area contributed by atoms with Crippen LogP contribution in [-0.2, 0) is 0 Å². The Kier molecular flexibility index (Phi) is 2.37. The zero-order valence-corrected chi connectivity index (χ0v) is 13.9. The van der Waals surface area contributed by atoms with Crippen LogP contribution in [0.15, 0.2) is 27.4 Å². The normalized spacial score (nSPS) is 38.2. The van der Waals surface area contributed by atoms with Crippen molar-refractivity contribution in [1.82, 2.24) is 0 Å². The molecular formula is C19H20O5. The third-order valence-electron chi connectivity index (χ3n) is 6.89. The first kappa shape index (κ1) is 14.3. The summed E-state index contributed by atoms with van der Waals surface area (Å²) in [6, 6.07) is 4.59. The summed E-state index contributed by atoms with van der Waals surface area (Å²) in [5, 5.41) is 22.0. The largest absolute Gasteiger partial charge is 0.507 e. The van der Waals surface area contributed by atoms with Gasteiger partial charge in [-0.25, -0.2) is 4.79 Å². The molecule has 3 aliphatic rings. The van der Waals surface area contributed by atoms with E-state index in [9.17, 15) is 15.0 Å². The number of hydrogen-bond donors (Lipinski definition) is 2. The molecule has 5 nitrogen and oxygen atoms in total. The van der Waals surface area contributed by atoms with Crippen molar-refractivity contribution in [3.05, 3.63) is 34.2 Å². The van der Waals surface area contributed by atoms with E-state index in [4.69, 9.17) is 9.15 Å². The molecule has 5 rings (SSSR count). The van der Waals surface area contributed by atoms with Crippen molar-refractivity contribution in [2.45, 2.75) is 44.8 Å². The first-order valence-electron chi connectivity index (χ1n) is 8.42. The molecule has 2 aliphatic carbocycles. The van der Waals surface area contributed by atoms with Gasteiger partial charge >= 0.3 is 5.63 Å². The maximum atomic E-state index is 11.5. The first-order valence-corrected chi connectivity index (χ1v) is 8.42. The van der Waals surface area contributed by atoms with Gasteiger partial charge in [0.15, 0.2) is 0 Å². The highest BCUT2D eigenvalue weighted by Crippen LogP contribution is 2.74. The lowest BCUT2D eigenvalue weighted by molar-refractivity contribution is -0.138. The van der Waals surface area contributed by atoms with Gasteiger partial charge in [-0.1, -0.05) is 13.8 Å². The fourth-order valence-corrected chi connectivity index (χ4v) is 5.65. The average Bonchev–Trinajstić information content (AvgIpc) is 2.76. The summed E-state index contributed by atoms with van der Waals surface area (Å²) in [5.74, 6) is 1.33. The molecule has 0 amide bonds. The predicted molar refractivity (Wildman–Crippen MR) is 87.3 cm³/mol. The summed E-state index contributed by atoms with van der Waals surface area (Å²) < 4.78 is 11.4. The van der Waals surface area contributed by atoms with Crippen LogP contribution < -0.4 is 10.4 Å². The van der Waals surface area contributed by atoms with Crippen molar-refractivity contribution in [3.63, 3.8) is 0 Å². The van der Waals surface area contributed by atoms with Crippen LogP contribution in [0.25, 0.3) is 11.0 Å². The number of aliphatic hydroxyl groups is 1. The topological polar surface area (TPSA) is 79.9 Å². The SMILES string of the molecule is CC1(C)C2CC(O)C3(C)Oc4cc5oc(=O)ccc5c(O)c4C1C23. The molecule has 0 bridgehead atoms. The molecule has 2 aromatic rings. The van der Waals surface area contributed by atoms with Gasteiger partial charge in [0.1, 0.15) is 22.7 Å². The van der Waals surface area contributed by atoms with Gasteiger partial charge in [-0.2, -0.15) is 0 Å². The molecule has 0 spiro atoms. The summed E-state index contributed by atoms with van der Waals surface area (Å²) in [6.07, 6.45) is 0.180. The molecule has 5 atom stereocenters. The highest BCUT2D eigenvalue weighted by Gasteiger charge is 2.72. The Bertz CT molecular complexity index is 943. The summed E-state index contributed by atoms with van der Waals surface area (Å²) in [7, 11) is 0. The minimum Gasteiger partial charge on any atom is -0.507 e. The second-order valence-electron chi connectivity index (χ2n) is 8.27. The second kappa shape index (κ2) is 3.97. The van der Waals surface area contributed by atoms with E-state index in [2.05, 4.69) is 13.8 Å². The molecule has 2 saturated carbocycles. The van der Waals surface area contributed by atoms with Gasteiger partial charge in [0.05, 0.1) is 11.5 Å². The second-order valence-corrected chi connectivity index (χ2v) is 8.27. The first-order chi connectivity index (χ1) is 11.2. The zero-order valence-electron chi connectivity index (χ0n) is 13.9. The molecule has 2 N–H and O–H groups in total. The van der Waals surface area contributed by atoms with E-state index < -0.39 is 17.3 Å². The molecule has 2 heterocycles. The fourth-order valence-electron chi connectivity index (χ4n) is 5.65. The zero-order chi connectivity index (χ0) is 17.0. The fraction of sp³-hybridized carbons (Fsp3) is 0.526. The van der Waals surface area contributed by atoms with Gasteiger partial charge in [-0.15, -0.1) is 0 Å². The maximum absolute atomic E-state index is 11.5. The molecule has 1 aromatic carbocycles. The molecule has 0 saturated heterocycles. The van der Waals surface area contributed by atoms with Crippen molar-refractivity contribution in [3.8, 4) is 11.5 Å². The Morgan fingerprint density at radius 2 is 2.00 bits per heavy atom. The number of aromatic hydroxyl groups is 1. The van der Waals surface area contributed by atoms with Crippen LogP contribution in [0.1, 0.15) is 38.7 Å². The van der Waals surface area contributed by atoms with Crippen LogP contribution in [0.4, 0.5) is 0 Å². The Balaban J connectivity index is 1.83. The van der Waals surface area contributed by atoms with Gasteiger partial charge in [0.25, 0.3) is 0 Å². The van der Waals surface area contributed by atoms with Crippen molar-refractivity contribution >= 4 is 11.0 Å². The number of fused-ring (bicyclic) bond motifs is 3. The van der Waals surface area contributed by atoms with Crippen LogP contribution in [0.2, 0.25) is 0 Å². The van der Waals surface area contributed by atoms with Gasteiger partial charge in [0, 0.05) is 29.5 Å². The highest BCUT2D eigenvalue weighted by molar-refractivity contribution is 5.87.